The van der Waals surface area contributed by atoms with Crippen molar-refractivity contribution in [2.75, 3.05) is 43.5 Å². The predicted octanol–water partition coefficient (Wildman–Crippen LogP) is 2.93. The van der Waals surface area contributed by atoms with Crippen LogP contribution in [0.5, 0.6) is 5.75 Å². The molecule has 1 saturated heterocycles. The van der Waals surface area contributed by atoms with Crippen molar-refractivity contribution >= 4 is 28.3 Å². The van der Waals surface area contributed by atoms with Gasteiger partial charge in [-0.25, -0.2) is 4.79 Å². The molecule has 0 unspecified atom stereocenters. The number of benzene rings is 2. The minimum absolute atomic E-state index is 0.0764. The monoisotopic (exact) mass is 351 g/mol. The molecule has 2 aromatic carbocycles. The van der Waals surface area contributed by atoms with E-state index in [-0.39, 0.29) is 6.03 Å². The van der Waals surface area contributed by atoms with E-state index in [1.807, 2.05) is 41.3 Å². The first-order valence-corrected chi connectivity index (χ1v) is 8.61. The minimum Gasteiger partial charge on any atom is -0.495 e. The van der Waals surface area contributed by atoms with E-state index in [9.17, 15) is 4.79 Å². The van der Waals surface area contributed by atoms with E-state index in [0.717, 1.165) is 41.1 Å². The van der Waals surface area contributed by atoms with Crippen LogP contribution in [0.15, 0.2) is 48.7 Å². The van der Waals surface area contributed by atoms with Gasteiger partial charge in [0, 0.05) is 37.3 Å². The largest absolute Gasteiger partial charge is 0.495 e. The fraction of sp³-hybridized carbons (Fsp3) is 0.263. The topological polar surface area (TPSA) is 73.5 Å². The number of hydrogen-bond acceptors (Lipinski definition) is 4. The second-order valence-electron chi connectivity index (χ2n) is 6.25. The number of carbonyl (C=O) groups is 1. The molecule has 2 N–H and O–H groups in total. The van der Waals surface area contributed by atoms with Crippen LogP contribution in [0, 0.1) is 0 Å². The molecular formula is C19H21N5O2. The van der Waals surface area contributed by atoms with Crippen LogP contribution in [0.3, 0.4) is 0 Å². The summed E-state index contributed by atoms with van der Waals surface area (Å²) in [6.07, 6.45) is 1.75. The van der Waals surface area contributed by atoms with Crippen molar-refractivity contribution in [3.63, 3.8) is 0 Å². The average Bonchev–Trinajstić information content (AvgIpc) is 3.16. The van der Waals surface area contributed by atoms with Crippen molar-refractivity contribution < 1.29 is 9.53 Å². The maximum Gasteiger partial charge on any atom is 0.321 e. The molecule has 0 radical (unpaired) electrons. The zero-order valence-electron chi connectivity index (χ0n) is 14.6. The first kappa shape index (κ1) is 16.3. The second-order valence-corrected chi connectivity index (χ2v) is 6.25. The SMILES string of the molecule is COc1ccccc1N1CCN(C(=O)Nc2ccc3[nH]ncc3c2)CC1. The molecule has 134 valence electrons. The smallest absolute Gasteiger partial charge is 0.321 e. The highest BCUT2D eigenvalue weighted by atomic mass is 16.5. The molecule has 1 aliphatic rings. The third-order valence-electron chi connectivity index (χ3n) is 4.68. The lowest BCUT2D eigenvalue weighted by Crippen LogP contribution is -2.50. The number of anilines is 2. The van der Waals surface area contributed by atoms with Crippen molar-refractivity contribution in [3.05, 3.63) is 48.7 Å². The van der Waals surface area contributed by atoms with Crippen LogP contribution >= 0.6 is 0 Å². The summed E-state index contributed by atoms with van der Waals surface area (Å²) in [5.74, 6) is 0.860. The number of ether oxygens (including phenoxy) is 1. The van der Waals surface area contributed by atoms with Gasteiger partial charge in [-0.2, -0.15) is 5.10 Å². The molecule has 26 heavy (non-hydrogen) atoms. The maximum atomic E-state index is 12.6. The molecule has 0 aliphatic carbocycles. The molecular weight excluding hydrogens is 330 g/mol. The zero-order chi connectivity index (χ0) is 17.9. The Kier molecular flexibility index (Phi) is 4.35. The number of hydrogen-bond donors (Lipinski definition) is 2. The molecule has 1 aromatic heterocycles. The van der Waals surface area contributed by atoms with Gasteiger partial charge in [-0.1, -0.05) is 12.1 Å². The van der Waals surface area contributed by atoms with Crippen LogP contribution in [-0.2, 0) is 0 Å². The lowest BCUT2D eigenvalue weighted by Gasteiger charge is -2.36. The molecule has 7 heteroatoms. The van der Waals surface area contributed by atoms with E-state index in [2.05, 4.69) is 26.5 Å². The summed E-state index contributed by atoms with van der Waals surface area (Å²) in [7, 11) is 1.68. The average molecular weight is 351 g/mol. The van der Waals surface area contributed by atoms with Crippen LogP contribution in [0.4, 0.5) is 16.2 Å². The quantitative estimate of drug-likeness (QED) is 0.761. The fourth-order valence-electron chi connectivity index (χ4n) is 3.26. The Labute approximate surface area is 151 Å². The predicted molar refractivity (Wildman–Crippen MR) is 102 cm³/mol. The number of H-pyrrole nitrogens is 1. The van der Waals surface area contributed by atoms with E-state index in [0.29, 0.717) is 13.1 Å². The highest BCUT2D eigenvalue weighted by molar-refractivity contribution is 5.92. The molecule has 1 fully saturated rings. The molecule has 1 aliphatic heterocycles. The molecule has 3 aromatic rings. The summed E-state index contributed by atoms with van der Waals surface area (Å²) in [4.78, 5) is 16.6. The Hall–Kier alpha value is -3.22. The number of fused-ring (bicyclic) bond motifs is 1. The first-order valence-electron chi connectivity index (χ1n) is 8.61. The van der Waals surface area contributed by atoms with E-state index < -0.39 is 0 Å². The molecule has 2 amide bonds. The van der Waals surface area contributed by atoms with Crippen molar-refractivity contribution in [2.45, 2.75) is 0 Å². The molecule has 0 atom stereocenters. The van der Waals surface area contributed by atoms with Crippen molar-refractivity contribution in [1.82, 2.24) is 15.1 Å². The van der Waals surface area contributed by atoms with Crippen LogP contribution in [0.25, 0.3) is 10.9 Å². The summed E-state index contributed by atoms with van der Waals surface area (Å²) in [6, 6.07) is 13.6. The third kappa shape index (κ3) is 3.15. The van der Waals surface area contributed by atoms with Gasteiger partial charge in [-0.15, -0.1) is 0 Å². The van der Waals surface area contributed by atoms with E-state index >= 15 is 0 Å². The van der Waals surface area contributed by atoms with E-state index in [4.69, 9.17) is 4.74 Å². The zero-order valence-corrected chi connectivity index (χ0v) is 14.6. The highest BCUT2D eigenvalue weighted by Crippen LogP contribution is 2.28. The Morgan fingerprint density at radius 3 is 2.77 bits per heavy atom. The maximum absolute atomic E-state index is 12.6. The molecule has 0 bridgehead atoms. The number of nitrogens with zero attached hydrogens (tertiary/aromatic N) is 3. The standard InChI is InChI=1S/C19H21N5O2/c1-26-18-5-3-2-4-17(18)23-8-10-24(11-9-23)19(25)21-15-6-7-16-14(12-15)13-20-22-16/h2-7,12-13H,8-11H2,1H3,(H,20,22)(H,21,25). The number of rotatable bonds is 3. The first-order chi connectivity index (χ1) is 12.7. The Balaban J connectivity index is 1.38. The number of aromatic nitrogens is 2. The van der Waals surface area contributed by atoms with Crippen molar-refractivity contribution in [1.29, 1.82) is 0 Å². The minimum atomic E-state index is -0.0764. The summed E-state index contributed by atoms with van der Waals surface area (Å²) < 4.78 is 5.44. The number of aromatic amines is 1. The normalized spacial score (nSPS) is 14.5. The van der Waals surface area contributed by atoms with Crippen molar-refractivity contribution in [3.8, 4) is 5.75 Å². The van der Waals surface area contributed by atoms with Gasteiger partial charge >= 0.3 is 6.03 Å². The Morgan fingerprint density at radius 2 is 1.96 bits per heavy atom. The van der Waals surface area contributed by atoms with Gasteiger partial charge in [0.1, 0.15) is 5.75 Å². The summed E-state index contributed by atoms with van der Waals surface area (Å²) in [5.41, 5.74) is 2.80. The van der Waals surface area contributed by atoms with Crippen LogP contribution in [0.2, 0.25) is 0 Å². The third-order valence-corrected chi connectivity index (χ3v) is 4.68. The number of methoxy groups -OCH3 is 1. The number of urea groups is 1. The van der Waals surface area contributed by atoms with Gasteiger partial charge in [0.2, 0.25) is 0 Å². The van der Waals surface area contributed by atoms with Gasteiger partial charge in [-0.05, 0) is 30.3 Å². The van der Waals surface area contributed by atoms with Crippen LogP contribution < -0.4 is 15.0 Å². The molecule has 7 nitrogen and oxygen atoms in total. The Morgan fingerprint density at radius 1 is 1.15 bits per heavy atom. The van der Waals surface area contributed by atoms with E-state index in [1.165, 1.54) is 0 Å². The van der Waals surface area contributed by atoms with Gasteiger partial charge in [-0.3, -0.25) is 5.10 Å². The lowest BCUT2D eigenvalue weighted by atomic mass is 10.2. The number of piperazine rings is 1. The summed E-state index contributed by atoms with van der Waals surface area (Å²) >= 11 is 0. The number of nitrogens with one attached hydrogen (secondary N) is 2. The number of para-hydroxylation sites is 2. The van der Waals surface area contributed by atoms with Gasteiger partial charge in [0.15, 0.2) is 0 Å². The molecule has 0 spiro atoms. The van der Waals surface area contributed by atoms with Crippen molar-refractivity contribution in [2.24, 2.45) is 0 Å². The van der Waals surface area contributed by atoms with Gasteiger partial charge in [0.25, 0.3) is 0 Å². The van der Waals surface area contributed by atoms with Gasteiger partial charge < -0.3 is 19.9 Å². The van der Waals surface area contributed by atoms with Gasteiger partial charge in [0.05, 0.1) is 24.5 Å². The molecule has 2 heterocycles. The second kappa shape index (κ2) is 6.95. The van der Waals surface area contributed by atoms with E-state index in [1.54, 1.807) is 13.3 Å². The lowest BCUT2D eigenvalue weighted by molar-refractivity contribution is 0.208. The molecule has 0 saturated carbocycles. The summed E-state index contributed by atoms with van der Waals surface area (Å²) in [5, 5.41) is 10.9. The summed E-state index contributed by atoms with van der Waals surface area (Å²) in [6.45, 7) is 2.87. The highest BCUT2D eigenvalue weighted by Gasteiger charge is 2.22. The fourth-order valence-corrected chi connectivity index (χ4v) is 3.26. The number of amides is 2. The van der Waals surface area contributed by atoms with Crippen LogP contribution in [-0.4, -0.2) is 54.4 Å². The van der Waals surface area contributed by atoms with Crippen LogP contribution in [0.1, 0.15) is 0 Å². The number of carbonyl (C=O) groups excluding carboxylic acids is 1. The molecule has 4 rings (SSSR count). The Bertz CT molecular complexity index is 915.